The molecule has 0 spiro atoms. The molecule has 1 aliphatic carbocycles. The van der Waals surface area contributed by atoms with Crippen molar-refractivity contribution in [3.8, 4) is 5.75 Å². The number of carbonyl (C=O) groups is 2. The lowest BCUT2D eigenvalue weighted by atomic mass is 9.79. The molecule has 2 aromatic carbocycles. The molecule has 0 unspecified atom stereocenters. The van der Waals surface area contributed by atoms with E-state index < -0.39 is 5.41 Å². The number of Topliss-reactive ketones (excluding diaryl/α,β-unsaturated/α-hetero) is 1. The summed E-state index contributed by atoms with van der Waals surface area (Å²) in [6.45, 7) is 1.51. The Hall–Kier alpha value is -2.69. The summed E-state index contributed by atoms with van der Waals surface area (Å²) in [6, 6.07) is 11.2. The van der Waals surface area contributed by atoms with Crippen LogP contribution in [0.1, 0.15) is 54.1 Å². The first-order valence-electron chi connectivity index (χ1n) is 9.07. The summed E-state index contributed by atoms with van der Waals surface area (Å²) in [5, 5.41) is 0. The molecule has 0 N–H and O–H groups in total. The molecule has 1 saturated carbocycles. The van der Waals surface area contributed by atoms with Crippen molar-refractivity contribution < 1.29 is 23.5 Å². The van der Waals surface area contributed by atoms with Crippen molar-refractivity contribution in [3.63, 3.8) is 0 Å². The van der Waals surface area contributed by atoms with Gasteiger partial charge in [-0.3, -0.25) is 9.59 Å². The van der Waals surface area contributed by atoms with E-state index in [4.69, 9.17) is 9.47 Å². The number of ketones is 1. The normalized spacial score (nSPS) is 15.4. The lowest BCUT2D eigenvalue weighted by molar-refractivity contribution is -0.152. The van der Waals surface area contributed by atoms with Gasteiger partial charge in [0, 0.05) is 11.1 Å². The van der Waals surface area contributed by atoms with Crippen molar-refractivity contribution >= 4 is 11.8 Å². The maximum Gasteiger partial charge on any atom is 0.316 e. The number of ether oxygens (including phenoxy) is 2. The zero-order valence-corrected chi connectivity index (χ0v) is 15.6. The van der Waals surface area contributed by atoms with E-state index in [2.05, 4.69) is 0 Å². The van der Waals surface area contributed by atoms with Gasteiger partial charge in [0.25, 0.3) is 0 Å². The highest BCUT2D eigenvalue weighted by molar-refractivity contribution is 5.94. The predicted octanol–water partition coefficient (Wildman–Crippen LogP) is 4.59. The average molecular weight is 370 g/mol. The Balaban J connectivity index is 1.82. The maximum atomic E-state index is 13.3. The number of rotatable bonds is 6. The predicted molar refractivity (Wildman–Crippen MR) is 99.3 cm³/mol. The van der Waals surface area contributed by atoms with E-state index in [9.17, 15) is 14.0 Å². The van der Waals surface area contributed by atoms with Crippen LogP contribution in [0.15, 0.2) is 42.5 Å². The fraction of sp³-hybridized carbons (Fsp3) is 0.364. The summed E-state index contributed by atoms with van der Waals surface area (Å²) < 4.78 is 24.3. The molecule has 142 valence electrons. The Bertz CT molecular complexity index is 836. The smallest absolute Gasteiger partial charge is 0.316 e. The molecule has 0 aromatic heterocycles. The highest BCUT2D eigenvalue weighted by atomic mass is 19.1. The topological polar surface area (TPSA) is 52.6 Å². The summed E-state index contributed by atoms with van der Waals surface area (Å²) in [5.41, 5.74) is 1.23. The Labute approximate surface area is 158 Å². The van der Waals surface area contributed by atoms with Gasteiger partial charge in [-0.25, -0.2) is 4.39 Å². The monoisotopic (exact) mass is 370 g/mol. The minimum atomic E-state index is -0.737. The van der Waals surface area contributed by atoms with E-state index in [1.165, 1.54) is 26.2 Å². The molecule has 0 atom stereocenters. The molecule has 1 aliphatic rings. The fourth-order valence-electron chi connectivity index (χ4n) is 3.75. The van der Waals surface area contributed by atoms with Crippen LogP contribution in [-0.4, -0.2) is 18.9 Å². The van der Waals surface area contributed by atoms with Crippen LogP contribution in [0.5, 0.6) is 5.75 Å². The number of benzene rings is 2. The second-order valence-corrected chi connectivity index (χ2v) is 6.96. The maximum absolute atomic E-state index is 13.3. The number of halogens is 1. The van der Waals surface area contributed by atoms with Crippen molar-refractivity contribution in [1.82, 2.24) is 0 Å². The summed E-state index contributed by atoms with van der Waals surface area (Å²) >= 11 is 0. The second-order valence-electron chi connectivity index (χ2n) is 6.96. The zero-order valence-electron chi connectivity index (χ0n) is 15.6. The molecule has 5 heteroatoms. The molecule has 0 radical (unpaired) electrons. The van der Waals surface area contributed by atoms with Gasteiger partial charge in [0.1, 0.15) is 18.2 Å². The largest absolute Gasteiger partial charge is 0.496 e. The number of hydrogen-bond acceptors (Lipinski definition) is 4. The van der Waals surface area contributed by atoms with Crippen molar-refractivity contribution in [2.24, 2.45) is 0 Å². The van der Waals surface area contributed by atoms with E-state index in [0.717, 1.165) is 18.4 Å². The van der Waals surface area contributed by atoms with Gasteiger partial charge in [-0.1, -0.05) is 25.0 Å². The summed E-state index contributed by atoms with van der Waals surface area (Å²) in [4.78, 5) is 24.6. The Morgan fingerprint density at radius 2 is 1.74 bits per heavy atom. The van der Waals surface area contributed by atoms with E-state index in [-0.39, 0.29) is 24.2 Å². The number of esters is 1. The first kappa shape index (κ1) is 19.1. The number of hydrogen-bond donors (Lipinski definition) is 0. The molecule has 1 fully saturated rings. The lowest BCUT2D eigenvalue weighted by Gasteiger charge is -2.27. The summed E-state index contributed by atoms with van der Waals surface area (Å²) in [7, 11) is 1.53. The van der Waals surface area contributed by atoms with Crippen LogP contribution in [0.2, 0.25) is 0 Å². The number of methoxy groups -OCH3 is 1. The molecule has 0 amide bonds. The molecule has 2 aromatic rings. The molecule has 0 aliphatic heterocycles. The van der Waals surface area contributed by atoms with Crippen molar-refractivity contribution in [1.29, 1.82) is 0 Å². The first-order valence-corrected chi connectivity index (χ1v) is 9.07. The Morgan fingerprint density at radius 3 is 2.33 bits per heavy atom. The minimum absolute atomic E-state index is 0.0199. The van der Waals surface area contributed by atoms with Gasteiger partial charge in [-0.05, 0) is 55.7 Å². The molecule has 3 rings (SSSR count). The van der Waals surface area contributed by atoms with Crippen LogP contribution < -0.4 is 4.74 Å². The lowest BCUT2D eigenvalue weighted by Crippen LogP contribution is -2.34. The van der Waals surface area contributed by atoms with Gasteiger partial charge in [-0.15, -0.1) is 0 Å². The van der Waals surface area contributed by atoms with Gasteiger partial charge in [0.05, 0.1) is 12.5 Å². The standard InChI is InChI=1S/C22H23FO4/c1-15(24)16-5-10-20(26-2)17(13-16)14-27-21(25)22(11-3-4-12-22)18-6-8-19(23)9-7-18/h5-10,13H,3-4,11-12,14H2,1-2H3. The van der Waals surface area contributed by atoms with Gasteiger partial charge in [-0.2, -0.15) is 0 Å². The van der Waals surface area contributed by atoms with E-state index >= 15 is 0 Å². The quantitative estimate of drug-likeness (QED) is 0.551. The highest BCUT2D eigenvalue weighted by Crippen LogP contribution is 2.42. The van der Waals surface area contributed by atoms with Crippen molar-refractivity contribution in [2.45, 2.75) is 44.6 Å². The summed E-state index contributed by atoms with van der Waals surface area (Å²) in [5.74, 6) is -0.146. The van der Waals surface area contributed by atoms with Crippen LogP contribution in [0, 0.1) is 5.82 Å². The summed E-state index contributed by atoms with van der Waals surface area (Å²) in [6.07, 6.45) is 3.22. The molecule has 0 heterocycles. The van der Waals surface area contributed by atoms with Gasteiger partial charge >= 0.3 is 5.97 Å². The van der Waals surface area contributed by atoms with Gasteiger partial charge in [0.15, 0.2) is 5.78 Å². The SMILES string of the molecule is COc1ccc(C(C)=O)cc1COC(=O)C1(c2ccc(F)cc2)CCCC1. The van der Waals surface area contributed by atoms with Crippen LogP contribution >= 0.6 is 0 Å². The van der Waals surface area contributed by atoms with Gasteiger partial charge in [0.2, 0.25) is 0 Å². The van der Waals surface area contributed by atoms with Crippen LogP contribution in [0.4, 0.5) is 4.39 Å². The van der Waals surface area contributed by atoms with E-state index in [1.807, 2.05) is 0 Å². The van der Waals surface area contributed by atoms with Crippen molar-refractivity contribution in [3.05, 3.63) is 65.0 Å². The molecule has 4 nitrogen and oxygen atoms in total. The van der Waals surface area contributed by atoms with Crippen LogP contribution in [-0.2, 0) is 21.6 Å². The Morgan fingerprint density at radius 1 is 1.07 bits per heavy atom. The van der Waals surface area contributed by atoms with E-state index in [0.29, 0.717) is 29.7 Å². The van der Waals surface area contributed by atoms with Crippen molar-refractivity contribution in [2.75, 3.05) is 7.11 Å². The average Bonchev–Trinajstić information content (AvgIpc) is 3.17. The molecular formula is C22H23FO4. The van der Waals surface area contributed by atoms with E-state index in [1.54, 1.807) is 30.3 Å². The third kappa shape index (κ3) is 3.87. The number of carbonyl (C=O) groups excluding carboxylic acids is 2. The molecule has 0 bridgehead atoms. The van der Waals surface area contributed by atoms with Gasteiger partial charge < -0.3 is 9.47 Å². The molecule has 0 saturated heterocycles. The fourth-order valence-corrected chi connectivity index (χ4v) is 3.75. The minimum Gasteiger partial charge on any atom is -0.496 e. The zero-order chi connectivity index (χ0) is 19.4. The molecule has 27 heavy (non-hydrogen) atoms. The third-order valence-electron chi connectivity index (χ3n) is 5.29. The van der Waals surface area contributed by atoms with Crippen LogP contribution in [0.3, 0.4) is 0 Å². The first-order chi connectivity index (χ1) is 13.0. The second kappa shape index (κ2) is 7.91. The Kier molecular flexibility index (Phi) is 5.59. The third-order valence-corrected chi connectivity index (χ3v) is 5.29. The van der Waals surface area contributed by atoms with Crippen LogP contribution in [0.25, 0.3) is 0 Å². The molecular weight excluding hydrogens is 347 g/mol. The highest BCUT2D eigenvalue weighted by Gasteiger charge is 2.44.